The van der Waals surface area contributed by atoms with Gasteiger partial charge in [0, 0.05) is 17.6 Å². The minimum absolute atomic E-state index is 0.0905. The molecule has 122 valence electrons. The van der Waals surface area contributed by atoms with Crippen molar-refractivity contribution in [3.63, 3.8) is 0 Å². The number of hydrogen-bond donors (Lipinski definition) is 2. The second-order valence-electron chi connectivity index (χ2n) is 6.12. The number of benzene rings is 1. The lowest BCUT2D eigenvalue weighted by Crippen LogP contribution is -2.38. The predicted octanol–water partition coefficient (Wildman–Crippen LogP) is 3.37. The van der Waals surface area contributed by atoms with Crippen LogP contribution in [0.3, 0.4) is 0 Å². The van der Waals surface area contributed by atoms with E-state index in [2.05, 4.69) is 38.4 Å². The molecule has 2 N–H and O–H groups in total. The molecule has 1 aliphatic heterocycles. The normalized spacial score (nSPS) is 16.5. The maximum absolute atomic E-state index is 11.7. The van der Waals surface area contributed by atoms with Gasteiger partial charge in [0.1, 0.15) is 0 Å². The quantitative estimate of drug-likeness (QED) is 0.757. The third-order valence-electron chi connectivity index (χ3n) is 4.16. The molecule has 2 amide bonds. The Hall–Kier alpha value is -1.07. The number of urea groups is 1. The minimum atomic E-state index is -0.0905. The first-order chi connectivity index (χ1) is 10.6. The van der Waals surface area contributed by atoms with Gasteiger partial charge >= 0.3 is 6.03 Å². The first-order valence-electron chi connectivity index (χ1n) is 8.12. The zero-order chi connectivity index (χ0) is 15.8. The summed E-state index contributed by atoms with van der Waals surface area (Å²) in [4.78, 5) is 14.2. The predicted molar refractivity (Wildman–Crippen MR) is 93.8 cm³/mol. The topological polar surface area (TPSA) is 44.4 Å². The van der Waals surface area contributed by atoms with E-state index in [0.717, 1.165) is 35.5 Å². The van der Waals surface area contributed by atoms with Gasteiger partial charge < -0.3 is 15.5 Å². The highest BCUT2D eigenvalue weighted by Gasteiger charge is 2.14. The van der Waals surface area contributed by atoms with Crippen LogP contribution in [0.15, 0.2) is 28.7 Å². The van der Waals surface area contributed by atoms with Gasteiger partial charge in [0.15, 0.2) is 0 Å². The molecule has 0 atom stereocenters. The highest BCUT2D eigenvalue weighted by Crippen LogP contribution is 2.15. The fraction of sp³-hybridized carbons (Fsp3) is 0.588. The fourth-order valence-electron chi connectivity index (χ4n) is 2.68. The van der Waals surface area contributed by atoms with Crippen molar-refractivity contribution in [3.05, 3.63) is 34.3 Å². The molecular formula is C17H26BrN3O. The third kappa shape index (κ3) is 6.36. The summed E-state index contributed by atoms with van der Waals surface area (Å²) in [5.74, 6) is 0.873. The first kappa shape index (κ1) is 17.3. The van der Waals surface area contributed by atoms with Crippen LogP contribution in [0, 0.1) is 5.92 Å². The van der Waals surface area contributed by atoms with Crippen molar-refractivity contribution in [2.45, 2.75) is 32.7 Å². The molecule has 0 bridgehead atoms. The molecule has 0 aliphatic carbocycles. The van der Waals surface area contributed by atoms with Crippen molar-refractivity contribution in [2.24, 2.45) is 5.92 Å². The fourth-order valence-corrected chi connectivity index (χ4v) is 3.13. The molecule has 1 fully saturated rings. The largest absolute Gasteiger partial charge is 0.338 e. The van der Waals surface area contributed by atoms with Crippen LogP contribution in [0.25, 0.3) is 0 Å². The van der Waals surface area contributed by atoms with Crippen molar-refractivity contribution in [1.82, 2.24) is 15.5 Å². The van der Waals surface area contributed by atoms with Crippen LogP contribution in [0.4, 0.5) is 4.79 Å². The zero-order valence-corrected chi connectivity index (χ0v) is 14.9. The molecule has 1 heterocycles. The first-order valence-corrected chi connectivity index (χ1v) is 8.91. The Morgan fingerprint density at radius 3 is 2.82 bits per heavy atom. The van der Waals surface area contributed by atoms with Gasteiger partial charge in [-0.1, -0.05) is 35.0 Å². The van der Waals surface area contributed by atoms with E-state index in [4.69, 9.17) is 0 Å². The van der Waals surface area contributed by atoms with Crippen LogP contribution < -0.4 is 10.6 Å². The number of carbonyl (C=O) groups is 1. The molecule has 22 heavy (non-hydrogen) atoms. The highest BCUT2D eigenvalue weighted by atomic mass is 79.9. The molecule has 0 unspecified atom stereocenters. The smallest absolute Gasteiger partial charge is 0.315 e. The maximum atomic E-state index is 11.7. The minimum Gasteiger partial charge on any atom is -0.338 e. The van der Waals surface area contributed by atoms with Crippen LogP contribution >= 0.6 is 15.9 Å². The van der Waals surface area contributed by atoms with Gasteiger partial charge in [-0.15, -0.1) is 0 Å². The average molecular weight is 368 g/mol. The molecule has 0 spiro atoms. The molecule has 1 aliphatic rings. The van der Waals surface area contributed by atoms with Crippen LogP contribution in [0.5, 0.6) is 0 Å². The van der Waals surface area contributed by atoms with E-state index >= 15 is 0 Å². The van der Waals surface area contributed by atoms with Crippen molar-refractivity contribution < 1.29 is 4.79 Å². The molecule has 2 rings (SSSR count). The van der Waals surface area contributed by atoms with Crippen LogP contribution in [0.1, 0.15) is 31.7 Å². The van der Waals surface area contributed by atoms with E-state index < -0.39 is 0 Å². The van der Waals surface area contributed by atoms with Crippen molar-refractivity contribution in [3.8, 4) is 0 Å². The number of hydrogen-bond acceptors (Lipinski definition) is 2. The number of piperidine rings is 1. The van der Waals surface area contributed by atoms with E-state index in [9.17, 15) is 4.79 Å². The summed E-state index contributed by atoms with van der Waals surface area (Å²) in [5, 5.41) is 5.81. The van der Waals surface area contributed by atoms with Crippen molar-refractivity contribution in [2.75, 3.05) is 26.2 Å². The average Bonchev–Trinajstić information content (AvgIpc) is 2.51. The molecule has 1 saturated heterocycles. The SMILES string of the molecule is CC1CCN(CCCNC(=O)NCc2cccc(Br)c2)CC1. The summed E-state index contributed by atoms with van der Waals surface area (Å²) in [7, 11) is 0. The van der Waals surface area contributed by atoms with Gasteiger partial charge in [-0.25, -0.2) is 4.79 Å². The van der Waals surface area contributed by atoms with E-state index in [1.165, 1.54) is 25.9 Å². The molecular weight excluding hydrogens is 342 g/mol. The van der Waals surface area contributed by atoms with Gasteiger partial charge in [0.2, 0.25) is 0 Å². The van der Waals surface area contributed by atoms with Crippen molar-refractivity contribution in [1.29, 1.82) is 0 Å². The monoisotopic (exact) mass is 367 g/mol. The number of likely N-dealkylation sites (tertiary alicyclic amines) is 1. The summed E-state index contributed by atoms with van der Waals surface area (Å²) in [6.45, 7) is 7.10. The molecule has 0 saturated carbocycles. The number of rotatable bonds is 6. The Morgan fingerprint density at radius 2 is 2.09 bits per heavy atom. The third-order valence-corrected chi connectivity index (χ3v) is 4.65. The van der Waals surface area contributed by atoms with E-state index in [1.807, 2.05) is 24.3 Å². The number of amides is 2. The molecule has 5 heteroatoms. The van der Waals surface area contributed by atoms with Gasteiger partial charge in [-0.2, -0.15) is 0 Å². The van der Waals surface area contributed by atoms with Crippen LogP contribution in [-0.2, 0) is 6.54 Å². The van der Waals surface area contributed by atoms with E-state index in [-0.39, 0.29) is 6.03 Å². The van der Waals surface area contributed by atoms with Gasteiger partial charge in [0.05, 0.1) is 0 Å². The molecule has 0 radical (unpaired) electrons. The Bertz CT molecular complexity index is 473. The summed E-state index contributed by atoms with van der Waals surface area (Å²) in [6.07, 6.45) is 3.62. The molecule has 0 aromatic heterocycles. The lowest BCUT2D eigenvalue weighted by atomic mass is 9.99. The number of carbonyl (C=O) groups excluding carboxylic acids is 1. The molecule has 4 nitrogen and oxygen atoms in total. The lowest BCUT2D eigenvalue weighted by molar-refractivity contribution is 0.190. The van der Waals surface area contributed by atoms with Crippen LogP contribution in [0.2, 0.25) is 0 Å². The highest BCUT2D eigenvalue weighted by molar-refractivity contribution is 9.10. The van der Waals surface area contributed by atoms with Gasteiger partial charge in [0.25, 0.3) is 0 Å². The second kappa shape index (κ2) is 9.16. The standard InChI is InChI=1S/C17H26BrN3O/c1-14-6-10-21(11-7-14)9-3-8-19-17(22)20-13-15-4-2-5-16(18)12-15/h2,4-5,12,14H,3,6-11,13H2,1H3,(H2,19,20,22). The summed E-state index contributed by atoms with van der Waals surface area (Å²) >= 11 is 3.43. The molecule has 1 aromatic rings. The van der Waals surface area contributed by atoms with E-state index in [1.54, 1.807) is 0 Å². The van der Waals surface area contributed by atoms with Gasteiger partial charge in [-0.3, -0.25) is 0 Å². The Kier molecular flexibility index (Phi) is 7.19. The van der Waals surface area contributed by atoms with E-state index in [0.29, 0.717) is 6.54 Å². The molecule has 1 aromatic carbocycles. The summed E-state index contributed by atoms with van der Waals surface area (Å²) in [5.41, 5.74) is 1.09. The van der Waals surface area contributed by atoms with Crippen molar-refractivity contribution >= 4 is 22.0 Å². The Labute approximate surface area is 141 Å². The number of nitrogens with one attached hydrogen (secondary N) is 2. The summed E-state index contributed by atoms with van der Waals surface area (Å²) in [6, 6.07) is 7.87. The number of halogens is 1. The van der Waals surface area contributed by atoms with Crippen LogP contribution in [-0.4, -0.2) is 37.1 Å². The Balaban J connectivity index is 1.54. The maximum Gasteiger partial charge on any atom is 0.315 e. The lowest BCUT2D eigenvalue weighted by Gasteiger charge is -2.30. The Morgan fingerprint density at radius 1 is 1.32 bits per heavy atom. The number of nitrogens with zero attached hydrogens (tertiary/aromatic N) is 1. The second-order valence-corrected chi connectivity index (χ2v) is 7.03. The zero-order valence-electron chi connectivity index (χ0n) is 13.3. The van der Waals surface area contributed by atoms with Gasteiger partial charge in [-0.05, 0) is 62.5 Å². The summed E-state index contributed by atoms with van der Waals surface area (Å²) < 4.78 is 1.03.